The lowest BCUT2D eigenvalue weighted by Gasteiger charge is -2.24. The third-order valence-electron chi connectivity index (χ3n) is 6.12. The maximum absolute atomic E-state index is 13.3. The van der Waals surface area contributed by atoms with Gasteiger partial charge in [0.25, 0.3) is 5.91 Å². The van der Waals surface area contributed by atoms with Crippen molar-refractivity contribution in [2.24, 2.45) is 17.1 Å². The Morgan fingerprint density at radius 3 is 2.62 bits per heavy atom. The van der Waals surface area contributed by atoms with Crippen LogP contribution in [0.1, 0.15) is 40.0 Å². The zero-order valence-electron chi connectivity index (χ0n) is 15.5. The topological polar surface area (TPSA) is 76.3 Å². The van der Waals surface area contributed by atoms with Crippen LogP contribution in [-0.2, 0) is 4.79 Å². The fourth-order valence-electron chi connectivity index (χ4n) is 4.22. The van der Waals surface area contributed by atoms with Crippen molar-refractivity contribution in [2.45, 2.75) is 40.2 Å². The second-order valence-electron chi connectivity index (χ2n) is 7.71. The molecule has 1 saturated heterocycles. The van der Waals surface area contributed by atoms with Crippen molar-refractivity contribution in [2.75, 3.05) is 6.54 Å². The van der Waals surface area contributed by atoms with Gasteiger partial charge in [-0.05, 0) is 56.7 Å². The number of likely N-dealkylation sites (tertiary alicyclic amines) is 1. The van der Waals surface area contributed by atoms with Gasteiger partial charge in [0, 0.05) is 12.6 Å². The highest BCUT2D eigenvalue weighted by Gasteiger charge is 2.68. The Hall–Kier alpha value is -2.21. The Kier molecular flexibility index (Phi) is 3.74. The lowest BCUT2D eigenvalue weighted by Crippen LogP contribution is -2.39. The standard InChI is InChI=1S/C20H23N3O2S/c1-10-5-6-14(7-11(10)2)17-16(22-13(4)26-17)18(24)23-9-20(19(21)25)8-15(20)12(23)3/h5-7,12,15H,8-9H2,1-4H3,(H2,21,25)/t12-,15+,20-/m0/s1. The van der Waals surface area contributed by atoms with Crippen LogP contribution in [-0.4, -0.2) is 34.3 Å². The molecule has 1 aliphatic carbocycles. The Morgan fingerprint density at radius 2 is 2.00 bits per heavy atom. The predicted molar refractivity (Wildman–Crippen MR) is 102 cm³/mol. The van der Waals surface area contributed by atoms with Crippen molar-refractivity contribution in [1.82, 2.24) is 9.88 Å². The number of piperidine rings is 1. The highest BCUT2D eigenvalue weighted by molar-refractivity contribution is 7.15. The second-order valence-corrected chi connectivity index (χ2v) is 8.92. The summed E-state index contributed by atoms with van der Waals surface area (Å²) in [6, 6.07) is 6.24. The molecule has 3 atom stereocenters. The van der Waals surface area contributed by atoms with Crippen LogP contribution in [0.15, 0.2) is 18.2 Å². The van der Waals surface area contributed by atoms with E-state index in [9.17, 15) is 9.59 Å². The van der Waals surface area contributed by atoms with E-state index in [1.54, 1.807) is 4.90 Å². The Labute approximate surface area is 157 Å². The lowest BCUT2D eigenvalue weighted by atomic mass is 10.0. The fourth-order valence-corrected chi connectivity index (χ4v) is 5.12. The van der Waals surface area contributed by atoms with E-state index in [2.05, 4.69) is 31.0 Å². The molecule has 1 aromatic heterocycles. The molecule has 2 aromatic rings. The van der Waals surface area contributed by atoms with Gasteiger partial charge in [0.15, 0.2) is 0 Å². The van der Waals surface area contributed by atoms with Crippen LogP contribution in [0.3, 0.4) is 0 Å². The van der Waals surface area contributed by atoms with Gasteiger partial charge < -0.3 is 10.6 Å². The van der Waals surface area contributed by atoms with Gasteiger partial charge in [0.1, 0.15) is 5.69 Å². The van der Waals surface area contributed by atoms with E-state index in [0.717, 1.165) is 21.9 Å². The number of rotatable bonds is 3. The summed E-state index contributed by atoms with van der Waals surface area (Å²) in [5, 5.41) is 0.864. The molecule has 2 fully saturated rings. The number of hydrogen-bond acceptors (Lipinski definition) is 4. The number of thiazole rings is 1. The van der Waals surface area contributed by atoms with Gasteiger partial charge >= 0.3 is 0 Å². The number of benzene rings is 1. The maximum atomic E-state index is 13.3. The van der Waals surface area contributed by atoms with Crippen LogP contribution in [0.25, 0.3) is 10.4 Å². The number of nitrogens with two attached hydrogens (primary N) is 1. The average Bonchev–Trinajstić information content (AvgIpc) is 3.10. The van der Waals surface area contributed by atoms with E-state index >= 15 is 0 Å². The van der Waals surface area contributed by atoms with Crippen molar-refractivity contribution in [3.63, 3.8) is 0 Å². The van der Waals surface area contributed by atoms with Crippen LogP contribution in [0, 0.1) is 32.1 Å². The smallest absolute Gasteiger partial charge is 0.274 e. The van der Waals surface area contributed by atoms with Gasteiger partial charge in [-0.2, -0.15) is 0 Å². The second kappa shape index (κ2) is 5.64. The number of aryl methyl sites for hydroxylation is 3. The van der Waals surface area contributed by atoms with E-state index < -0.39 is 5.41 Å². The highest BCUT2D eigenvalue weighted by Crippen LogP contribution is 2.60. The molecular weight excluding hydrogens is 346 g/mol. The molecule has 2 N–H and O–H groups in total. The predicted octanol–water partition coefficient (Wildman–Crippen LogP) is 3.07. The van der Waals surface area contributed by atoms with Crippen molar-refractivity contribution in [1.29, 1.82) is 0 Å². The summed E-state index contributed by atoms with van der Waals surface area (Å²) >= 11 is 1.54. The van der Waals surface area contributed by atoms with Crippen LogP contribution >= 0.6 is 11.3 Å². The molecule has 0 bridgehead atoms. The highest BCUT2D eigenvalue weighted by atomic mass is 32.1. The first-order valence-corrected chi connectivity index (χ1v) is 9.72. The fraction of sp³-hybridized carbons (Fsp3) is 0.450. The van der Waals surface area contributed by atoms with Gasteiger partial charge in [0.2, 0.25) is 5.91 Å². The summed E-state index contributed by atoms with van der Waals surface area (Å²) in [5.74, 6) is -0.190. The molecule has 1 saturated carbocycles. The van der Waals surface area contributed by atoms with E-state index in [4.69, 9.17) is 5.73 Å². The van der Waals surface area contributed by atoms with Gasteiger partial charge in [-0.25, -0.2) is 4.98 Å². The molecule has 4 rings (SSSR count). The largest absolute Gasteiger partial charge is 0.369 e. The molecule has 26 heavy (non-hydrogen) atoms. The molecule has 136 valence electrons. The number of hydrogen-bond donors (Lipinski definition) is 1. The monoisotopic (exact) mass is 369 g/mol. The van der Waals surface area contributed by atoms with Gasteiger partial charge in [0.05, 0.1) is 15.3 Å². The molecule has 2 aliphatic rings. The molecular formula is C20H23N3O2S. The first kappa shape index (κ1) is 17.2. The minimum absolute atomic E-state index is 0.0182. The summed E-state index contributed by atoms with van der Waals surface area (Å²) in [6.07, 6.45) is 0.799. The molecule has 1 aliphatic heterocycles. The lowest BCUT2D eigenvalue weighted by molar-refractivity contribution is -0.123. The molecule has 1 aromatic carbocycles. The first-order chi connectivity index (χ1) is 12.2. The Balaban J connectivity index is 1.70. The maximum Gasteiger partial charge on any atom is 0.274 e. The Bertz CT molecular complexity index is 935. The van der Waals surface area contributed by atoms with E-state index in [1.807, 2.05) is 19.9 Å². The SMILES string of the molecule is Cc1nc(C(=O)N2C[C@@]3(C(N)=O)C[C@@H]3[C@@H]2C)c(-c2ccc(C)c(C)c2)s1. The summed E-state index contributed by atoms with van der Waals surface area (Å²) < 4.78 is 0. The van der Waals surface area contributed by atoms with Crippen LogP contribution in [0.4, 0.5) is 0 Å². The summed E-state index contributed by atoms with van der Waals surface area (Å²) in [7, 11) is 0. The molecule has 6 heteroatoms. The molecule has 5 nitrogen and oxygen atoms in total. The number of carbonyl (C=O) groups is 2. The van der Waals surface area contributed by atoms with Crippen LogP contribution in [0.5, 0.6) is 0 Å². The molecule has 0 spiro atoms. The third kappa shape index (κ3) is 2.39. The van der Waals surface area contributed by atoms with Crippen molar-refractivity contribution in [3.8, 4) is 10.4 Å². The van der Waals surface area contributed by atoms with Crippen molar-refractivity contribution in [3.05, 3.63) is 40.0 Å². The van der Waals surface area contributed by atoms with Gasteiger partial charge in [-0.3, -0.25) is 9.59 Å². The number of fused-ring (bicyclic) bond motifs is 1. The van der Waals surface area contributed by atoms with Gasteiger partial charge in [-0.1, -0.05) is 18.2 Å². The minimum Gasteiger partial charge on any atom is -0.369 e. The van der Waals surface area contributed by atoms with Crippen LogP contribution < -0.4 is 5.73 Å². The summed E-state index contributed by atoms with van der Waals surface area (Å²) in [4.78, 5) is 32.3. The number of amides is 2. The van der Waals surface area contributed by atoms with E-state index in [1.165, 1.54) is 22.5 Å². The first-order valence-electron chi connectivity index (χ1n) is 8.90. The van der Waals surface area contributed by atoms with Crippen LogP contribution in [0.2, 0.25) is 0 Å². The normalized spacial score (nSPS) is 26.7. The average molecular weight is 369 g/mol. The van der Waals surface area contributed by atoms with E-state index in [0.29, 0.717) is 12.2 Å². The number of primary amides is 1. The zero-order chi connectivity index (χ0) is 18.8. The summed E-state index contributed by atoms with van der Waals surface area (Å²) in [6.45, 7) is 8.48. The van der Waals surface area contributed by atoms with Crippen molar-refractivity contribution < 1.29 is 9.59 Å². The number of carbonyl (C=O) groups excluding carboxylic acids is 2. The molecule has 0 unspecified atom stereocenters. The minimum atomic E-state index is -0.513. The molecule has 0 radical (unpaired) electrons. The third-order valence-corrected chi connectivity index (χ3v) is 7.14. The van der Waals surface area contributed by atoms with E-state index in [-0.39, 0.29) is 23.8 Å². The molecule has 2 heterocycles. The number of nitrogens with zero attached hydrogens (tertiary/aromatic N) is 2. The van der Waals surface area contributed by atoms with Crippen molar-refractivity contribution >= 4 is 23.2 Å². The van der Waals surface area contributed by atoms with Gasteiger partial charge in [-0.15, -0.1) is 11.3 Å². The summed E-state index contributed by atoms with van der Waals surface area (Å²) in [5.41, 5.74) is 9.01. The molecule has 2 amide bonds. The number of aromatic nitrogens is 1. The quantitative estimate of drug-likeness (QED) is 0.903. The zero-order valence-corrected chi connectivity index (χ0v) is 16.3. The Morgan fingerprint density at radius 1 is 1.27 bits per heavy atom.